The van der Waals surface area contributed by atoms with Crippen molar-refractivity contribution in [2.24, 2.45) is 0 Å². The first-order valence-corrected chi connectivity index (χ1v) is 13.8. The van der Waals surface area contributed by atoms with Crippen molar-refractivity contribution in [3.8, 4) is 16.9 Å². The first-order chi connectivity index (χ1) is 18.7. The van der Waals surface area contributed by atoms with Crippen molar-refractivity contribution in [3.63, 3.8) is 0 Å². The average Bonchev–Trinajstić information content (AvgIpc) is 2.93. The normalized spacial score (nSPS) is 12.3. The topological polar surface area (TPSA) is 103 Å². The van der Waals surface area contributed by atoms with Gasteiger partial charge in [-0.15, -0.1) is 0 Å². The summed E-state index contributed by atoms with van der Waals surface area (Å²) in [6.45, 7) is 1.84. The summed E-state index contributed by atoms with van der Waals surface area (Å²) < 4.78 is 39.7. The molecule has 1 unspecified atom stereocenters. The van der Waals surface area contributed by atoms with E-state index in [9.17, 15) is 18.0 Å². The molecular formula is C30H22ClNO6S. The number of nitrogens with one attached hydrogen (secondary N) is 1. The second-order valence-corrected chi connectivity index (χ2v) is 10.9. The van der Waals surface area contributed by atoms with Crippen LogP contribution in [0.2, 0.25) is 5.02 Å². The lowest BCUT2D eigenvalue weighted by atomic mass is 10.0. The molecule has 5 rings (SSSR count). The van der Waals surface area contributed by atoms with Gasteiger partial charge in [-0.25, -0.2) is 18.0 Å². The summed E-state index contributed by atoms with van der Waals surface area (Å²) in [6.07, 6.45) is 0. The highest BCUT2D eigenvalue weighted by Gasteiger charge is 2.29. The SMILES string of the molecule is Cc1ccc(S(=O)(=O)NC(C(=O)Oc2cc3oc(=O)cc(-c4ccccc4)c3cc2Cl)c2ccccc2)cc1. The van der Waals surface area contributed by atoms with E-state index in [1.54, 1.807) is 48.5 Å². The number of hydrogen-bond donors (Lipinski definition) is 1. The van der Waals surface area contributed by atoms with Crippen molar-refractivity contribution in [1.29, 1.82) is 0 Å². The molecule has 1 atom stereocenters. The number of aryl methyl sites for hydroxylation is 1. The van der Waals surface area contributed by atoms with Gasteiger partial charge >= 0.3 is 11.6 Å². The Morgan fingerprint density at radius 2 is 1.54 bits per heavy atom. The van der Waals surface area contributed by atoms with Crippen LogP contribution in [-0.2, 0) is 14.8 Å². The zero-order valence-corrected chi connectivity index (χ0v) is 22.2. The van der Waals surface area contributed by atoms with Crippen LogP contribution in [0.3, 0.4) is 0 Å². The third-order valence-electron chi connectivity index (χ3n) is 6.07. The molecule has 5 aromatic rings. The molecule has 0 amide bonds. The third kappa shape index (κ3) is 5.78. The van der Waals surface area contributed by atoms with Gasteiger partial charge in [0.15, 0.2) is 5.75 Å². The Kier molecular flexibility index (Phi) is 7.34. The molecule has 0 aliphatic rings. The van der Waals surface area contributed by atoms with Gasteiger partial charge in [0.1, 0.15) is 11.6 Å². The van der Waals surface area contributed by atoms with Gasteiger partial charge in [-0.2, -0.15) is 4.72 Å². The zero-order valence-electron chi connectivity index (χ0n) is 20.6. The van der Waals surface area contributed by atoms with E-state index in [0.29, 0.717) is 16.5 Å². The minimum atomic E-state index is -4.09. The maximum absolute atomic E-state index is 13.4. The monoisotopic (exact) mass is 559 g/mol. The van der Waals surface area contributed by atoms with Crippen LogP contribution in [0.4, 0.5) is 0 Å². The van der Waals surface area contributed by atoms with Crippen molar-refractivity contribution in [3.05, 3.63) is 130 Å². The molecule has 1 N–H and O–H groups in total. The average molecular weight is 560 g/mol. The lowest BCUT2D eigenvalue weighted by Gasteiger charge is -2.19. The second-order valence-electron chi connectivity index (χ2n) is 8.82. The summed E-state index contributed by atoms with van der Waals surface area (Å²) in [5, 5.41) is 0.625. The van der Waals surface area contributed by atoms with Crippen LogP contribution in [0.1, 0.15) is 17.2 Å². The van der Waals surface area contributed by atoms with Crippen LogP contribution in [0.25, 0.3) is 22.1 Å². The fourth-order valence-corrected chi connectivity index (χ4v) is 5.48. The maximum Gasteiger partial charge on any atom is 0.336 e. The highest BCUT2D eigenvalue weighted by molar-refractivity contribution is 7.89. The molecule has 0 aliphatic heterocycles. The van der Waals surface area contributed by atoms with Crippen LogP contribution >= 0.6 is 11.6 Å². The van der Waals surface area contributed by atoms with Crippen LogP contribution in [-0.4, -0.2) is 14.4 Å². The van der Waals surface area contributed by atoms with E-state index < -0.39 is 27.7 Å². The smallest absolute Gasteiger partial charge is 0.336 e. The number of sulfonamides is 1. The Balaban J connectivity index is 1.51. The van der Waals surface area contributed by atoms with Gasteiger partial charge in [0, 0.05) is 17.5 Å². The van der Waals surface area contributed by atoms with Gasteiger partial charge in [-0.1, -0.05) is 90.0 Å². The Labute approximate surface area is 229 Å². The molecule has 1 heterocycles. The molecule has 0 saturated carbocycles. The number of fused-ring (bicyclic) bond motifs is 1. The zero-order chi connectivity index (χ0) is 27.6. The summed E-state index contributed by atoms with van der Waals surface area (Å²) in [7, 11) is -4.09. The van der Waals surface area contributed by atoms with Crippen LogP contribution in [0.15, 0.2) is 117 Å². The summed E-state index contributed by atoms with van der Waals surface area (Å²) in [5.41, 5.74) is 2.22. The van der Waals surface area contributed by atoms with Gasteiger partial charge in [0.05, 0.1) is 9.92 Å². The Morgan fingerprint density at radius 3 is 2.21 bits per heavy atom. The number of ether oxygens (including phenoxy) is 1. The first kappa shape index (κ1) is 26.4. The Morgan fingerprint density at radius 1 is 0.897 bits per heavy atom. The van der Waals surface area contributed by atoms with Gasteiger partial charge < -0.3 is 9.15 Å². The van der Waals surface area contributed by atoms with E-state index in [0.717, 1.165) is 11.1 Å². The fourth-order valence-electron chi connectivity index (χ4n) is 4.10. The molecular weight excluding hydrogens is 538 g/mol. The molecule has 0 bridgehead atoms. The molecule has 7 nitrogen and oxygen atoms in total. The minimum absolute atomic E-state index is 0.000727. The molecule has 39 heavy (non-hydrogen) atoms. The van der Waals surface area contributed by atoms with Crippen molar-refractivity contribution < 1.29 is 22.4 Å². The molecule has 0 aliphatic carbocycles. The molecule has 4 aromatic carbocycles. The van der Waals surface area contributed by atoms with Crippen LogP contribution < -0.4 is 15.1 Å². The number of halogens is 1. The van der Waals surface area contributed by atoms with Crippen molar-refractivity contribution in [2.45, 2.75) is 17.9 Å². The number of rotatable bonds is 7. The molecule has 0 saturated heterocycles. The van der Waals surface area contributed by atoms with Crippen LogP contribution in [0.5, 0.6) is 5.75 Å². The highest BCUT2D eigenvalue weighted by atomic mass is 35.5. The maximum atomic E-state index is 13.4. The molecule has 1 aromatic heterocycles. The molecule has 0 spiro atoms. The lowest BCUT2D eigenvalue weighted by molar-refractivity contribution is -0.136. The van der Waals surface area contributed by atoms with Gasteiger partial charge in [0.25, 0.3) is 0 Å². The molecule has 0 fully saturated rings. The number of carbonyl (C=O) groups excluding carboxylic acids is 1. The predicted molar refractivity (Wildman–Crippen MR) is 149 cm³/mol. The summed E-state index contributed by atoms with van der Waals surface area (Å²) in [5.74, 6) is -1.00. The largest absolute Gasteiger partial charge is 0.423 e. The number of carbonyl (C=O) groups is 1. The molecule has 196 valence electrons. The molecule has 0 radical (unpaired) electrons. The van der Waals surface area contributed by atoms with E-state index in [1.807, 2.05) is 37.3 Å². The van der Waals surface area contributed by atoms with Crippen LogP contribution in [0, 0.1) is 6.92 Å². The van der Waals surface area contributed by atoms with E-state index >= 15 is 0 Å². The van der Waals surface area contributed by atoms with E-state index in [-0.39, 0.29) is 21.3 Å². The van der Waals surface area contributed by atoms with E-state index in [2.05, 4.69) is 4.72 Å². The first-order valence-electron chi connectivity index (χ1n) is 11.9. The summed E-state index contributed by atoms with van der Waals surface area (Å²) in [4.78, 5) is 25.7. The Bertz CT molecular complexity index is 1820. The quantitative estimate of drug-likeness (QED) is 0.148. The van der Waals surface area contributed by atoms with Crippen molar-refractivity contribution >= 4 is 38.6 Å². The van der Waals surface area contributed by atoms with E-state index in [1.165, 1.54) is 24.3 Å². The number of hydrogen-bond acceptors (Lipinski definition) is 6. The number of esters is 1. The minimum Gasteiger partial charge on any atom is -0.423 e. The summed E-state index contributed by atoms with van der Waals surface area (Å²) >= 11 is 6.51. The van der Waals surface area contributed by atoms with Crippen molar-refractivity contribution in [1.82, 2.24) is 4.72 Å². The second kappa shape index (κ2) is 10.9. The van der Waals surface area contributed by atoms with Gasteiger partial charge in [-0.3, -0.25) is 0 Å². The lowest BCUT2D eigenvalue weighted by Crippen LogP contribution is -2.36. The fraction of sp³-hybridized carbons (Fsp3) is 0.0667. The number of benzene rings is 4. The molecule has 9 heteroatoms. The van der Waals surface area contributed by atoms with E-state index in [4.69, 9.17) is 20.8 Å². The standard InChI is InChI=1S/C30H22ClNO6S/c1-19-12-14-22(15-13-19)39(35,36)32-29(21-10-6-3-7-11-21)30(34)38-27-18-26-24(16-25(27)31)23(17-28(33)37-26)20-8-4-2-5-9-20/h2-18,29,32H,1H3. The predicted octanol–water partition coefficient (Wildman–Crippen LogP) is 6.05. The van der Waals surface area contributed by atoms with Gasteiger partial charge in [-0.05, 0) is 41.8 Å². The highest BCUT2D eigenvalue weighted by Crippen LogP contribution is 2.35. The summed E-state index contributed by atoms with van der Waals surface area (Å²) in [6, 6.07) is 26.7. The van der Waals surface area contributed by atoms with Gasteiger partial charge in [0.2, 0.25) is 10.0 Å². The van der Waals surface area contributed by atoms with Crippen molar-refractivity contribution in [2.75, 3.05) is 0 Å². The third-order valence-corrected chi connectivity index (χ3v) is 7.80. The Hall–Kier alpha value is -4.24.